The van der Waals surface area contributed by atoms with E-state index in [0.717, 1.165) is 10.0 Å². The topological polar surface area (TPSA) is 51.5 Å². The van der Waals surface area contributed by atoms with Gasteiger partial charge in [-0.05, 0) is 18.2 Å². The van der Waals surface area contributed by atoms with Crippen LogP contribution >= 0.6 is 15.9 Å². The summed E-state index contributed by atoms with van der Waals surface area (Å²) in [5.74, 6) is 2.51. The molecule has 2 rings (SSSR count). The smallest absolute Gasteiger partial charge is 0.134 e. The molecular weight excluding hydrogens is 358 g/mol. The van der Waals surface area contributed by atoms with Gasteiger partial charge in [-0.25, -0.2) is 0 Å². The maximum Gasteiger partial charge on any atom is 0.134 e. The second-order valence-corrected chi connectivity index (χ2v) is 5.15. The van der Waals surface area contributed by atoms with Crippen molar-refractivity contribution in [3.63, 3.8) is 0 Å². The van der Waals surface area contributed by atoms with E-state index in [9.17, 15) is 0 Å². The SMILES string of the molecule is CC.COc1cc(OC)cc(Oc2ccc(Br)cc2CC#N)c1. The summed E-state index contributed by atoms with van der Waals surface area (Å²) in [4.78, 5) is 0. The Morgan fingerprint density at radius 1 is 0.957 bits per heavy atom. The molecule has 4 nitrogen and oxygen atoms in total. The van der Waals surface area contributed by atoms with Crippen LogP contribution in [0.1, 0.15) is 19.4 Å². The largest absolute Gasteiger partial charge is 0.496 e. The molecule has 0 aromatic heterocycles. The number of nitriles is 1. The second kappa shape index (κ2) is 9.75. The van der Waals surface area contributed by atoms with Crippen LogP contribution in [-0.2, 0) is 6.42 Å². The van der Waals surface area contributed by atoms with Crippen LogP contribution in [-0.4, -0.2) is 14.2 Å². The maximum absolute atomic E-state index is 8.90. The lowest BCUT2D eigenvalue weighted by atomic mass is 10.1. The van der Waals surface area contributed by atoms with E-state index in [1.54, 1.807) is 32.4 Å². The predicted octanol–water partition coefficient (Wildman–Crippen LogP) is 5.35. The Morgan fingerprint density at radius 2 is 1.52 bits per heavy atom. The minimum absolute atomic E-state index is 0.274. The van der Waals surface area contributed by atoms with E-state index < -0.39 is 0 Å². The zero-order valence-electron chi connectivity index (χ0n) is 13.7. The minimum Gasteiger partial charge on any atom is -0.496 e. The molecule has 0 spiro atoms. The lowest BCUT2D eigenvalue weighted by Crippen LogP contribution is -1.93. The molecule has 122 valence electrons. The molecule has 0 aliphatic carbocycles. The lowest BCUT2D eigenvalue weighted by molar-refractivity contribution is 0.386. The average Bonchev–Trinajstić information content (AvgIpc) is 2.59. The third kappa shape index (κ3) is 5.50. The summed E-state index contributed by atoms with van der Waals surface area (Å²) >= 11 is 3.39. The third-order valence-electron chi connectivity index (χ3n) is 2.84. The molecular formula is C18H20BrNO3. The molecule has 0 bridgehead atoms. The van der Waals surface area contributed by atoms with Gasteiger partial charge in [-0.15, -0.1) is 0 Å². The van der Waals surface area contributed by atoms with E-state index in [1.807, 2.05) is 32.0 Å². The number of hydrogen-bond acceptors (Lipinski definition) is 4. The normalized spacial score (nSPS) is 9.22. The second-order valence-electron chi connectivity index (χ2n) is 4.24. The van der Waals surface area contributed by atoms with Crippen molar-refractivity contribution in [2.24, 2.45) is 0 Å². The fraction of sp³-hybridized carbons (Fsp3) is 0.278. The van der Waals surface area contributed by atoms with E-state index in [1.165, 1.54) is 0 Å². The van der Waals surface area contributed by atoms with E-state index in [4.69, 9.17) is 19.5 Å². The average molecular weight is 378 g/mol. The van der Waals surface area contributed by atoms with E-state index >= 15 is 0 Å². The van der Waals surface area contributed by atoms with Gasteiger partial charge in [0.2, 0.25) is 0 Å². The molecule has 0 fully saturated rings. The molecule has 0 saturated carbocycles. The fourth-order valence-corrected chi connectivity index (χ4v) is 2.25. The number of benzene rings is 2. The van der Waals surface area contributed by atoms with Gasteiger partial charge in [0.25, 0.3) is 0 Å². The first-order chi connectivity index (χ1) is 11.2. The van der Waals surface area contributed by atoms with Crippen LogP contribution in [0.4, 0.5) is 0 Å². The van der Waals surface area contributed by atoms with Crippen LogP contribution in [0.15, 0.2) is 40.9 Å². The first kappa shape index (κ1) is 18.9. The van der Waals surface area contributed by atoms with Gasteiger partial charge in [-0.3, -0.25) is 0 Å². The quantitative estimate of drug-likeness (QED) is 0.704. The maximum atomic E-state index is 8.90. The standard InChI is InChI=1S/C16H14BrNO3.C2H6/c1-19-13-8-14(20-2)10-15(9-13)21-16-4-3-12(17)7-11(16)5-6-18;1-2/h3-4,7-10H,5H2,1-2H3;1-2H3. The van der Waals surface area contributed by atoms with Crippen molar-refractivity contribution in [1.82, 2.24) is 0 Å². The highest BCUT2D eigenvalue weighted by Gasteiger charge is 2.08. The van der Waals surface area contributed by atoms with Gasteiger partial charge in [-0.2, -0.15) is 5.26 Å². The number of nitrogens with zero attached hydrogens (tertiary/aromatic N) is 1. The Hall–Kier alpha value is -2.19. The Bertz CT molecular complexity index is 658. The summed E-state index contributed by atoms with van der Waals surface area (Å²) in [6.45, 7) is 4.00. The molecule has 0 saturated heterocycles. The first-order valence-electron chi connectivity index (χ1n) is 7.22. The zero-order chi connectivity index (χ0) is 17.2. The van der Waals surface area contributed by atoms with Crippen molar-refractivity contribution in [2.75, 3.05) is 14.2 Å². The summed E-state index contributed by atoms with van der Waals surface area (Å²) in [6.07, 6.45) is 0.274. The fourth-order valence-electron chi connectivity index (χ4n) is 1.84. The van der Waals surface area contributed by atoms with Crippen LogP contribution in [0, 0.1) is 11.3 Å². The Kier molecular flexibility index (Phi) is 8.00. The number of ether oxygens (including phenoxy) is 3. The molecule has 0 amide bonds. The zero-order valence-corrected chi connectivity index (χ0v) is 15.3. The van der Waals surface area contributed by atoms with Crippen LogP contribution in [0.3, 0.4) is 0 Å². The number of halogens is 1. The Morgan fingerprint density at radius 3 is 2.04 bits per heavy atom. The van der Waals surface area contributed by atoms with Crippen molar-refractivity contribution in [1.29, 1.82) is 5.26 Å². The third-order valence-corrected chi connectivity index (χ3v) is 3.34. The summed E-state index contributed by atoms with van der Waals surface area (Å²) < 4.78 is 17.2. The summed E-state index contributed by atoms with van der Waals surface area (Å²) in [5.41, 5.74) is 0.814. The molecule has 0 atom stereocenters. The van der Waals surface area contributed by atoms with Crippen LogP contribution in [0.5, 0.6) is 23.0 Å². The van der Waals surface area contributed by atoms with Crippen molar-refractivity contribution in [3.8, 4) is 29.1 Å². The molecule has 0 radical (unpaired) electrons. The molecule has 0 aliphatic rings. The predicted molar refractivity (Wildman–Crippen MR) is 94.4 cm³/mol. The van der Waals surface area contributed by atoms with Crippen molar-refractivity contribution < 1.29 is 14.2 Å². The molecule has 0 heterocycles. The highest BCUT2D eigenvalue weighted by atomic mass is 79.9. The Balaban J connectivity index is 0.00000127. The van der Waals surface area contributed by atoms with Crippen molar-refractivity contribution in [3.05, 3.63) is 46.4 Å². The molecule has 0 unspecified atom stereocenters. The van der Waals surface area contributed by atoms with Crippen LogP contribution in [0.25, 0.3) is 0 Å². The van der Waals surface area contributed by atoms with E-state index in [0.29, 0.717) is 23.0 Å². The number of rotatable bonds is 5. The highest BCUT2D eigenvalue weighted by molar-refractivity contribution is 9.10. The van der Waals surface area contributed by atoms with Gasteiger partial charge < -0.3 is 14.2 Å². The van der Waals surface area contributed by atoms with Gasteiger partial charge in [0, 0.05) is 28.2 Å². The monoisotopic (exact) mass is 377 g/mol. The molecule has 2 aromatic rings. The summed E-state index contributed by atoms with van der Waals surface area (Å²) in [5, 5.41) is 8.90. The van der Waals surface area contributed by atoms with Gasteiger partial charge in [0.15, 0.2) is 0 Å². The van der Waals surface area contributed by atoms with Gasteiger partial charge >= 0.3 is 0 Å². The number of hydrogen-bond donors (Lipinski definition) is 0. The summed E-state index contributed by atoms with van der Waals surface area (Å²) in [7, 11) is 3.17. The number of methoxy groups -OCH3 is 2. The lowest BCUT2D eigenvalue weighted by Gasteiger charge is -2.12. The Labute approximate surface area is 145 Å². The molecule has 23 heavy (non-hydrogen) atoms. The van der Waals surface area contributed by atoms with Gasteiger partial charge in [-0.1, -0.05) is 29.8 Å². The van der Waals surface area contributed by atoms with Crippen molar-refractivity contribution in [2.45, 2.75) is 20.3 Å². The highest BCUT2D eigenvalue weighted by Crippen LogP contribution is 2.33. The van der Waals surface area contributed by atoms with Gasteiger partial charge in [0.1, 0.15) is 23.0 Å². The van der Waals surface area contributed by atoms with E-state index in [2.05, 4.69) is 22.0 Å². The first-order valence-corrected chi connectivity index (χ1v) is 8.02. The van der Waals surface area contributed by atoms with Crippen molar-refractivity contribution >= 4 is 15.9 Å². The molecule has 2 aromatic carbocycles. The molecule has 5 heteroatoms. The van der Waals surface area contributed by atoms with Crippen LogP contribution < -0.4 is 14.2 Å². The minimum atomic E-state index is 0.274. The molecule has 0 aliphatic heterocycles. The molecule has 0 N–H and O–H groups in total. The van der Waals surface area contributed by atoms with Gasteiger partial charge in [0.05, 0.1) is 26.7 Å². The summed E-state index contributed by atoms with van der Waals surface area (Å²) in [6, 6.07) is 13.0. The van der Waals surface area contributed by atoms with E-state index in [-0.39, 0.29) is 6.42 Å². The van der Waals surface area contributed by atoms with Crippen LogP contribution in [0.2, 0.25) is 0 Å².